The first kappa shape index (κ1) is 23.3. The molecule has 0 aliphatic carbocycles. The van der Waals surface area contributed by atoms with E-state index in [0.717, 1.165) is 10.8 Å². The fourth-order valence-electron chi connectivity index (χ4n) is 5.02. The Morgan fingerprint density at radius 3 is 2.42 bits per heavy atom. The summed E-state index contributed by atoms with van der Waals surface area (Å²) in [5.74, 6) is -0.763. The first-order valence-corrected chi connectivity index (χ1v) is 12.0. The average Bonchev–Trinajstić information content (AvgIpc) is 3.50. The number of hydrogen-bond acceptors (Lipinski definition) is 6. The van der Waals surface area contributed by atoms with E-state index in [0.29, 0.717) is 33.7 Å². The van der Waals surface area contributed by atoms with Gasteiger partial charge in [-0.2, -0.15) is 0 Å². The van der Waals surface area contributed by atoms with Gasteiger partial charge in [-0.1, -0.05) is 60.7 Å². The zero-order valence-corrected chi connectivity index (χ0v) is 20.6. The van der Waals surface area contributed by atoms with Crippen LogP contribution in [0.5, 0.6) is 11.5 Å². The van der Waals surface area contributed by atoms with Gasteiger partial charge in [0.2, 0.25) is 5.95 Å². The first-order valence-electron chi connectivity index (χ1n) is 12.0. The molecule has 1 aliphatic rings. The maximum Gasteiger partial charge on any atom is 0.302 e. The van der Waals surface area contributed by atoms with E-state index in [-0.39, 0.29) is 17.3 Å². The van der Waals surface area contributed by atoms with Crippen LogP contribution in [0.2, 0.25) is 0 Å². The van der Waals surface area contributed by atoms with Crippen LogP contribution in [0.3, 0.4) is 0 Å². The number of aliphatic hydroxyl groups is 1. The third kappa shape index (κ3) is 3.57. The number of benzene rings is 4. The highest BCUT2D eigenvalue weighted by Crippen LogP contribution is 2.44. The van der Waals surface area contributed by atoms with Crippen molar-refractivity contribution in [2.45, 2.75) is 6.04 Å². The smallest absolute Gasteiger partial charge is 0.302 e. The lowest BCUT2D eigenvalue weighted by Gasteiger charge is -2.24. The predicted octanol–water partition coefficient (Wildman–Crippen LogP) is 5.36. The van der Waals surface area contributed by atoms with Crippen LogP contribution in [0.25, 0.3) is 27.6 Å². The number of nitrogens with one attached hydrogen (secondary N) is 1. The molecule has 8 heteroatoms. The van der Waals surface area contributed by atoms with Crippen molar-refractivity contribution in [2.75, 3.05) is 19.1 Å². The molecule has 188 valence electrons. The Morgan fingerprint density at radius 1 is 0.895 bits per heavy atom. The largest absolute Gasteiger partial charge is 0.507 e. The molecule has 5 aromatic rings. The summed E-state index contributed by atoms with van der Waals surface area (Å²) in [5, 5.41) is 13.3. The van der Waals surface area contributed by atoms with Crippen molar-refractivity contribution in [2.24, 2.45) is 0 Å². The molecule has 0 radical (unpaired) electrons. The number of nitrogens with zero attached hydrogens (tertiary/aromatic N) is 2. The molecule has 1 saturated heterocycles. The highest BCUT2D eigenvalue weighted by atomic mass is 16.5. The number of aliphatic hydroxyl groups excluding tert-OH is 1. The van der Waals surface area contributed by atoms with Gasteiger partial charge in [-0.15, -0.1) is 0 Å². The zero-order valence-electron chi connectivity index (χ0n) is 20.6. The number of Topliss-reactive ketones (excluding diaryl/α,β-unsaturated/α-hetero) is 1. The van der Waals surface area contributed by atoms with E-state index < -0.39 is 17.7 Å². The third-order valence-corrected chi connectivity index (χ3v) is 6.82. The number of anilines is 1. The standard InChI is InChI=1S/C30H23N3O5/c1-37-23-15-14-18(16-24(23)38-2)26-25(27(34)20-11-7-9-17-8-3-4-10-19(17)20)28(35)29(36)33(26)30-31-21-12-5-6-13-22(21)32-30/h3-16,26,34H,1-2H3,(H,31,32)/b27-25+. The van der Waals surface area contributed by atoms with Gasteiger partial charge >= 0.3 is 5.91 Å². The molecule has 2 heterocycles. The van der Waals surface area contributed by atoms with E-state index in [2.05, 4.69) is 9.97 Å². The number of carbonyl (C=O) groups is 2. The SMILES string of the molecule is COc1ccc(C2/C(=C(\O)c3cccc4ccccc34)C(=O)C(=O)N2c2nc3ccccc3[nH]2)cc1OC. The van der Waals surface area contributed by atoms with Crippen LogP contribution in [0.4, 0.5) is 5.95 Å². The van der Waals surface area contributed by atoms with Gasteiger partial charge in [0.05, 0.1) is 36.9 Å². The third-order valence-electron chi connectivity index (χ3n) is 6.82. The summed E-state index contributed by atoms with van der Waals surface area (Å²) < 4.78 is 10.9. The molecule has 1 fully saturated rings. The number of ether oxygens (including phenoxy) is 2. The minimum atomic E-state index is -0.977. The molecule has 0 spiro atoms. The number of imidazole rings is 1. The number of rotatable bonds is 5. The number of carbonyl (C=O) groups excluding carboxylic acids is 2. The Balaban J connectivity index is 1.62. The van der Waals surface area contributed by atoms with Crippen molar-refractivity contribution < 1.29 is 24.2 Å². The van der Waals surface area contributed by atoms with E-state index in [1.807, 2.05) is 54.6 Å². The molecule has 1 unspecified atom stereocenters. The molecule has 4 aromatic carbocycles. The van der Waals surface area contributed by atoms with Crippen LogP contribution in [0.1, 0.15) is 17.2 Å². The molecule has 8 nitrogen and oxygen atoms in total. The van der Waals surface area contributed by atoms with Crippen molar-refractivity contribution in [1.29, 1.82) is 0 Å². The molecule has 1 aliphatic heterocycles. The normalized spacial score (nSPS) is 16.9. The molecule has 6 rings (SSSR count). The van der Waals surface area contributed by atoms with Gasteiger partial charge in [0.1, 0.15) is 5.76 Å². The second kappa shape index (κ2) is 9.08. The van der Waals surface area contributed by atoms with Gasteiger partial charge in [-0.25, -0.2) is 4.98 Å². The van der Waals surface area contributed by atoms with Crippen LogP contribution < -0.4 is 14.4 Å². The van der Waals surface area contributed by atoms with Gasteiger partial charge in [-0.05, 0) is 40.6 Å². The van der Waals surface area contributed by atoms with Crippen LogP contribution >= 0.6 is 0 Å². The number of ketones is 1. The summed E-state index contributed by atoms with van der Waals surface area (Å²) in [6.07, 6.45) is 0. The van der Waals surface area contributed by atoms with Crippen molar-refractivity contribution in [3.63, 3.8) is 0 Å². The quantitative estimate of drug-likeness (QED) is 0.189. The molecule has 2 N–H and O–H groups in total. The Morgan fingerprint density at radius 2 is 1.63 bits per heavy atom. The van der Waals surface area contributed by atoms with E-state index >= 15 is 0 Å². The Bertz CT molecular complexity index is 1730. The second-order valence-corrected chi connectivity index (χ2v) is 8.89. The number of H-pyrrole nitrogens is 1. The van der Waals surface area contributed by atoms with Crippen molar-refractivity contribution >= 4 is 45.2 Å². The predicted molar refractivity (Wildman–Crippen MR) is 144 cm³/mol. The molecular formula is C30H23N3O5. The Hall–Kier alpha value is -5.11. The number of methoxy groups -OCH3 is 2. The van der Waals surface area contributed by atoms with Crippen LogP contribution in [-0.4, -0.2) is 41.0 Å². The zero-order chi connectivity index (χ0) is 26.4. The van der Waals surface area contributed by atoms with Crippen molar-refractivity contribution in [3.05, 3.63) is 102 Å². The monoisotopic (exact) mass is 505 g/mol. The molecule has 0 saturated carbocycles. The number of aromatic amines is 1. The Kier molecular flexibility index (Phi) is 5.57. The number of aromatic nitrogens is 2. The number of hydrogen-bond donors (Lipinski definition) is 2. The summed E-state index contributed by atoms with van der Waals surface area (Å²) >= 11 is 0. The second-order valence-electron chi connectivity index (χ2n) is 8.89. The van der Waals surface area contributed by atoms with Gasteiger partial charge in [0.25, 0.3) is 5.78 Å². The average molecular weight is 506 g/mol. The molecular weight excluding hydrogens is 482 g/mol. The molecule has 1 amide bonds. The topological polar surface area (TPSA) is 105 Å². The van der Waals surface area contributed by atoms with E-state index in [4.69, 9.17) is 9.47 Å². The van der Waals surface area contributed by atoms with Gasteiger partial charge in [0.15, 0.2) is 11.5 Å². The number of amides is 1. The minimum Gasteiger partial charge on any atom is -0.507 e. The van der Waals surface area contributed by atoms with E-state index in [1.165, 1.54) is 19.1 Å². The lowest BCUT2D eigenvalue weighted by Crippen LogP contribution is -2.30. The van der Waals surface area contributed by atoms with E-state index in [1.54, 1.807) is 30.3 Å². The van der Waals surface area contributed by atoms with Crippen molar-refractivity contribution in [1.82, 2.24) is 9.97 Å². The van der Waals surface area contributed by atoms with Gasteiger partial charge in [0, 0.05) is 5.56 Å². The maximum absolute atomic E-state index is 13.6. The minimum absolute atomic E-state index is 0.0426. The fourth-order valence-corrected chi connectivity index (χ4v) is 5.02. The van der Waals surface area contributed by atoms with Crippen LogP contribution in [-0.2, 0) is 9.59 Å². The molecule has 1 atom stereocenters. The van der Waals surface area contributed by atoms with Gasteiger partial charge in [-0.3, -0.25) is 14.5 Å². The summed E-state index contributed by atoms with van der Waals surface area (Å²) in [4.78, 5) is 36.2. The van der Waals surface area contributed by atoms with Crippen LogP contribution in [0, 0.1) is 0 Å². The number of fused-ring (bicyclic) bond motifs is 2. The summed E-state index contributed by atoms with van der Waals surface area (Å²) in [5.41, 5.74) is 2.31. The molecule has 1 aromatic heterocycles. The summed E-state index contributed by atoms with van der Waals surface area (Å²) in [6, 6.07) is 24.5. The van der Waals surface area contributed by atoms with Crippen LogP contribution in [0.15, 0.2) is 90.5 Å². The van der Waals surface area contributed by atoms with Gasteiger partial charge < -0.3 is 19.6 Å². The highest BCUT2D eigenvalue weighted by molar-refractivity contribution is 6.51. The summed E-state index contributed by atoms with van der Waals surface area (Å²) in [7, 11) is 3.03. The lowest BCUT2D eigenvalue weighted by molar-refractivity contribution is -0.132. The molecule has 0 bridgehead atoms. The fraction of sp³-hybridized carbons (Fsp3) is 0.100. The Labute approximate surface area is 217 Å². The first-order chi connectivity index (χ1) is 18.5. The number of para-hydroxylation sites is 2. The molecule has 38 heavy (non-hydrogen) atoms. The highest BCUT2D eigenvalue weighted by Gasteiger charge is 2.48. The maximum atomic E-state index is 13.6. The summed E-state index contributed by atoms with van der Waals surface area (Å²) in [6.45, 7) is 0. The van der Waals surface area contributed by atoms with Crippen molar-refractivity contribution in [3.8, 4) is 11.5 Å². The van der Waals surface area contributed by atoms with E-state index in [9.17, 15) is 14.7 Å². The lowest BCUT2D eigenvalue weighted by atomic mass is 9.93.